The molecule has 5 heteroatoms. The molecule has 0 aliphatic carbocycles. The summed E-state index contributed by atoms with van der Waals surface area (Å²) in [4.78, 5) is 32.1. The van der Waals surface area contributed by atoms with Gasteiger partial charge in [0.2, 0.25) is 11.8 Å². The van der Waals surface area contributed by atoms with E-state index >= 15 is 0 Å². The molecule has 0 saturated carbocycles. The third-order valence-electron chi connectivity index (χ3n) is 6.99. The van der Waals surface area contributed by atoms with Gasteiger partial charge in [-0.2, -0.15) is 0 Å². The number of carbonyl (C=O) groups is 2. The molecule has 2 aromatic carbocycles. The first-order valence-corrected chi connectivity index (χ1v) is 11.6. The van der Waals surface area contributed by atoms with Gasteiger partial charge in [0.25, 0.3) is 0 Å². The van der Waals surface area contributed by atoms with Crippen LogP contribution in [0.25, 0.3) is 0 Å². The maximum Gasteiger partial charge on any atom is 0.245 e. The van der Waals surface area contributed by atoms with Crippen molar-refractivity contribution in [3.05, 3.63) is 78.4 Å². The van der Waals surface area contributed by atoms with Crippen LogP contribution in [-0.2, 0) is 21.5 Å². The van der Waals surface area contributed by atoms with Gasteiger partial charge >= 0.3 is 0 Å². The van der Waals surface area contributed by atoms with E-state index in [0.29, 0.717) is 32.5 Å². The number of benzene rings is 2. The molecule has 2 aliphatic heterocycles. The summed E-state index contributed by atoms with van der Waals surface area (Å²) in [7, 11) is 1.90. The van der Waals surface area contributed by atoms with Crippen molar-refractivity contribution in [2.45, 2.75) is 37.6 Å². The van der Waals surface area contributed by atoms with Crippen molar-refractivity contribution < 1.29 is 9.59 Å². The Labute approximate surface area is 191 Å². The molecule has 0 aromatic heterocycles. The third-order valence-corrected chi connectivity index (χ3v) is 6.99. The highest BCUT2D eigenvalue weighted by molar-refractivity contribution is 5.90. The van der Waals surface area contributed by atoms with E-state index in [1.165, 1.54) is 24.6 Å². The minimum absolute atomic E-state index is 0.0637. The molecule has 4 rings (SSSR count). The van der Waals surface area contributed by atoms with Crippen LogP contribution in [0.2, 0.25) is 0 Å². The van der Waals surface area contributed by atoms with Crippen LogP contribution < -0.4 is 4.90 Å². The minimum atomic E-state index is -0.611. The largest absolute Gasteiger partial charge is 0.372 e. The predicted molar refractivity (Wildman–Crippen MR) is 128 cm³/mol. The lowest BCUT2D eigenvalue weighted by Crippen LogP contribution is -2.52. The number of piperidine rings is 1. The number of amides is 2. The van der Waals surface area contributed by atoms with Gasteiger partial charge in [0, 0.05) is 45.5 Å². The second-order valence-electron chi connectivity index (χ2n) is 9.00. The van der Waals surface area contributed by atoms with E-state index < -0.39 is 5.41 Å². The highest BCUT2D eigenvalue weighted by atomic mass is 16.2. The molecule has 0 bridgehead atoms. The lowest BCUT2D eigenvalue weighted by atomic mass is 9.71. The molecule has 0 spiro atoms. The van der Waals surface area contributed by atoms with Crippen LogP contribution in [0, 0.1) is 0 Å². The summed E-state index contributed by atoms with van der Waals surface area (Å²) in [5, 5.41) is 0. The van der Waals surface area contributed by atoms with E-state index in [0.717, 1.165) is 24.2 Å². The van der Waals surface area contributed by atoms with Gasteiger partial charge in [-0.1, -0.05) is 49.0 Å². The Hall–Kier alpha value is -3.08. The number of nitrogens with zero attached hydrogens (tertiary/aromatic N) is 3. The first-order chi connectivity index (χ1) is 15.5. The number of anilines is 1. The number of rotatable bonds is 6. The zero-order chi connectivity index (χ0) is 22.6. The zero-order valence-corrected chi connectivity index (χ0v) is 19.0. The standard InChI is InChI=1S/C27H33N3O2/c1-3-25(31)30-18-14-27(15-19-30,23-11-5-4-6-12-23)26(32)28(2)21-22-10-9-13-24(20-22)29-16-7-8-17-29/h3-6,9-13,20H,1,7-8,14-19,21H2,2H3. The number of likely N-dealkylation sites (N-methyl/N-ethyl adjacent to an activating group) is 1. The smallest absolute Gasteiger partial charge is 0.245 e. The molecule has 0 N–H and O–H groups in total. The average molecular weight is 432 g/mol. The van der Waals surface area contributed by atoms with E-state index in [2.05, 4.69) is 35.7 Å². The first-order valence-electron chi connectivity index (χ1n) is 11.6. The number of hydrogen-bond donors (Lipinski definition) is 0. The van der Waals surface area contributed by atoms with Crippen molar-refractivity contribution in [3.8, 4) is 0 Å². The molecule has 2 aromatic rings. The van der Waals surface area contributed by atoms with Crippen molar-refractivity contribution >= 4 is 17.5 Å². The van der Waals surface area contributed by atoms with E-state index in [9.17, 15) is 9.59 Å². The fourth-order valence-electron chi connectivity index (χ4n) is 5.16. The summed E-state index contributed by atoms with van der Waals surface area (Å²) in [5.41, 5.74) is 2.82. The van der Waals surface area contributed by atoms with Crippen LogP contribution in [0.15, 0.2) is 67.3 Å². The van der Waals surface area contributed by atoms with Crippen LogP contribution >= 0.6 is 0 Å². The quantitative estimate of drug-likeness (QED) is 0.650. The van der Waals surface area contributed by atoms with Gasteiger partial charge in [0.1, 0.15) is 0 Å². The van der Waals surface area contributed by atoms with E-state index in [-0.39, 0.29) is 11.8 Å². The fraction of sp³-hybridized carbons (Fsp3) is 0.407. The molecule has 32 heavy (non-hydrogen) atoms. The van der Waals surface area contributed by atoms with Gasteiger partial charge in [0.05, 0.1) is 5.41 Å². The van der Waals surface area contributed by atoms with Crippen molar-refractivity contribution in [1.29, 1.82) is 0 Å². The normalized spacial score (nSPS) is 17.8. The molecular formula is C27H33N3O2. The average Bonchev–Trinajstić information content (AvgIpc) is 3.39. The summed E-state index contributed by atoms with van der Waals surface area (Å²) in [6, 6.07) is 18.6. The maximum absolute atomic E-state index is 13.9. The summed E-state index contributed by atoms with van der Waals surface area (Å²) in [6.45, 7) is 7.51. The molecular weight excluding hydrogens is 398 g/mol. The molecule has 2 heterocycles. The molecule has 0 unspecified atom stereocenters. The van der Waals surface area contributed by atoms with Crippen molar-refractivity contribution in [1.82, 2.24) is 9.80 Å². The van der Waals surface area contributed by atoms with Gasteiger partial charge in [0.15, 0.2) is 0 Å². The van der Waals surface area contributed by atoms with Crippen molar-refractivity contribution in [2.75, 3.05) is 38.1 Å². The van der Waals surface area contributed by atoms with Crippen LogP contribution in [0.3, 0.4) is 0 Å². The van der Waals surface area contributed by atoms with Crippen molar-refractivity contribution in [3.63, 3.8) is 0 Å². The van der Waals surface area contributed by atoms with Gasteiger partial charge in [-0.15, -0.1) is 0 Å². The second-order valence-corrected chi connectivity index (χ2v) is 9.00. The van der Waals surface area contributed by atoms with Crippen molar-refractivity contribution in [2.24, 2.45) is 0 Å². The Bertz CT molecular complexity index is 958. The highest BCUT2D eigenvalue weighted by Crippen LogP contribution is 2.38. The Morgan fingerprint density at radius 2 is 1.69 bits per heavy atom. The zero-order valence-electron chi connectivity index (χ0n) is 19.0. The summed E-state index contributed by atoms with van der Waals surface area (Å²) < 4.78 is 0. The molecule has 0 atom stereocenters. The van der Waals surface area contributed by atoms with Gasteiger partial charge < -0.3 is 14.7 Å². The van der Waals surface area contributed by atoms with E-state index in [1.54, 1.807) is 4.90 Å². The molecule has 2 amide bonds. The van der Waals surface area contributed by atoms with Gasteiger partial charge in [-0.05, 0) is 55.0 Å². The number of hydrogen-bond acceptors (Lipinski definition) is 3. The Morgan fingerprint density at radius 1 is 1.00 bits per heavy atom. The number of likely N-dealkylation sites (tertiary alicyclic amines) is 1. The van der Waals surface area contributed by atoms with Crippen LogP contribution in [0.4, 0.5) is 5.69 Å². The topological polar surface area (TPSA) is 43.9 Å². The fourth-order valence-corrected chi connectivity index (χ4v) is 5.16. The Morgan fingerprint density at radius 3 is 2.34 bits per heavy atom. The maximum atomic E-state index is 13.9. The summed E-state index contributed by atoms with van der Waals surface area (Å²) >= 11 is 0. The Kier molecular flexibility index (Phi) is 6.63. The second kappa shape index (κ2) is 9.60. The lowest BCUT2D eigenvalue weighted by Gasteiger charge is -2.42. The third kappa shape index (κ3) is 4.43. The highest BCUT2D eigenvalue weighted by Gasteiger charge is 2.44. The van der Waals surface area contributed by atoms with Crippen LogP contribution in [-0.4, -0.2) is 54.8 Å². The molecule has 168 valence electrons. The summed E-state index contributed by atoms with van der Waals surface area (Å²) in [5.74, 6) is 0.0622. The van der Waals surface area contributed by atoms with Gasteiger partial charge in [-0.25, -0.2) is 0 Å². The molecule has 2 aliphatic rings. The molecule has 2 saturated heterocycles. The van der Waals surface area contributed by atoms with E-state index in [1.807, 2.05) is 42.3 Å². The summed E-state index contributed by atoms with van der Waals surface area (Å²) in [6.07, 6.45) is 5.08. The van der Waals surface area contributed by atoms with Crippen LogP contribution in [0.5, 0.6) is 0 Å². The van der Waals surface area contributed by atoms with Crippen LogP contribution in [0.1, 0.15) is 36.8 Å². The SMILES string of the molecule is C=CC(=O)N1CCC(C(=O)N(C)Cc2cccc(N3CCCC3)c2)(c2ccccc2)CC1. The van der Waals surface area contributed by atoms with Gasteiger partial charge in [-0.3, -0.25) is 9.59 Å². The monoisotopic (exact) mass is 431 g/mol. The molecule has 5 nitrogen and oxygen atoms in total. The molecule has 2 fully saturated rings. The minimum Gasteiger partial charge on any atom is -0.372 e. The van der Waals surface area contributed by atoms with E-state index in [4.69, 9.17) is 0 Å². The first kappa shape index (κ1) is 22.1. The molecule has 0 radical (unpaired) electrons. The Balaban J connectivity index is 1.54. The lowest BCUT2D eigenvalue weighted by molar-refractivity contribution is -0.141. The predicted octanol–water partition coefficient (Wildman–Crippen LogP) is 3.99. The number of carbonyl (C=O) groups excluding carboxylic acids is 2.